The minimum absolute atomic E-state index is 0.316. The highest BCUT2D eigenvalue weighted by molar-refractivity contribution is 7.91. The third-order valence-electron chi connectivity index (χ3n) is 4.18. The number of aliphatic hydroxyl groups is 2. The van der Waals surface area contributed by atoms with Gasteiger partial charge in [-0.05, 0) is 17.5 Å². The lowest BCUT2D eigenvalue weighted by Gasteiger charge is -2.10. The van der Waals surface area contributed by atoms with Crippen LogP contribution in [0.2, 0.25) is 0 Å². The number of rotatable bonds is 5. The van der Waals surface area contributed by atoms with E-state index in [-0.39, 0.29) is 19.1 Å². The van der Waals surface area contributed by atoms with Crippen LogP contribution >= 0.6 is 0 Å². The van der Waals surface area contributed by atoms with Crippen LogP contribution in [0.4, 0.5) is 0 Å². The summed E-state index contributed by atoms with van der Waals surface area (Å²) in [7, 11) is -3.29. The van der Waals surface area contributed by atoms with Gasteiger partial charge in [0.25, 0.3) is 0 Å². The Hall–Kier alpha value is -0.910. The summed E-state index contributed by atoms with van der Waals surface area (Å²) < 4.78 is 23.6. The molecule has 1 aliphatic carbocycles. The van der Waals surface area contributed by atoms with E-state index in [0.717, 1.165) is 18.2 Å². The molecule has 0 aliphatic heterocycles. The van der Waals surface area contributed by atoms with Crippen LogP contribution in [-0.4, -0.2) is 43.4 Å². The molecule has 1 aromatic rings. The van der Waals surface area contributed by atoms with Crippen LogP contribution in [-0.2, 0) is 16.3 Å². The van der Waals surface area contributed by atoms with E-state index in [1.807, 2.05) is 24.3 Å². The van der Waals surface area contributed by atoms with Crippen molar-refractivity contribution in [1.29, 1.82) is 0 Å². The second kappa shape index (κ2) is 4.89. The molecule has 0 aromatic heterocycles. The molecule has 0 saturated heterocycles. The van der Waals surface area contributed by atoms with Crippen molar-refractivity contribution in [2.45, 2.75) is 24.5 Å². The van der Waals surface area contributed by atoms with Crippen LogP contribution in [0.3, 0.4) is 0 Å². The zero-order valence-corrected chi connectivity index (χ0v) is 12.0. The highest BCUT2D eigenvalue weighted by atomic mass is 32.2. The zero-order chi connectivity index (χ0) is 14.3. The Bertz CT molecular complexity index is 543. The lowest BCUT2D eigenvalue weighted by atomic mass is 9.99. The van der Waals surface area contributed by atoms with Crippen LogP contribution in [0, 0.1) is 5.41 Å². The fraction of sp³-hybridized carbons (Fsp3) is 0.571. The number of hydrogen-bond acceptors (Lipinski definition) is 4. The standard InChI is InChI=1S/C14H20O4S/c1-3-10-4-6-11(7-5-10)12-13(19(2,17)18)14(12,8-15)9-16/h4-7,12-13,15-16H,3,8-9H2,1-2H3/t12-,13+/m1/s1. The summed E-state index contributed by atoms with van der Waals surface area (Å²) in [5.41, 5.74) is 1.12. The van der Waals surface area contributed by atoms with E-state index in [9.17, 15) is 18.6 Å². The Balaban J connectivity index is 2.37. The second-order valence-corrected chi connectivity index (χ2v) is 7.54. The molecule has 2 atom stereocenters. The normalized spacial score (nSPS) is 25.3. The van der Waals surface area contributed by atoms with Crippen molar-refractivity contribution in [3.8, 4) is 0 Å². The molecule has 106 valence electrons. The van der Waals surface area contributed by atoms with E-state index in [1.165, 1.54) is 5.56 Å². The Morgan fingerprint density at radius 3 is 2.00 bits per heavy atom. The first-order chi connectivity index (χ1) is 8.90. The van der Waals surface area contributed by atoms with Gasteiger partial charge in [0.05, 0.1) is 18.5 Å². The predicted octanol–water partition coefficient (Wildman–Crippen LogP) is 0.730. The first-order valence-electron chi connectivity index (χ1n) is 6.40. The monoisotopic (exact) mass is 284 g/mol. The van der Waals surface area contributed by atoms with Gasteiger partial charge in [-0.2, -0.15) is 0 Å². The minimum atomic E-state index is -3.29. The van der Waals surface area contributed by atoms with Crippen LogP contribution in [0.5, 0.6) is 0 Å². The van der Waals surface area contributed by atoms with Gasteiger partial charge in [0.1, 0.15) is 0 Å². The van der Waals surface area contributed by atoms with E-state index >= 15 is 0 Å². The SMILES string of the molecule is CCc1ccc([C@@H]2[C@H](S(C)(=O)=O)C2(CO)CO)cc1. The summed E-state index contributed by atoms with van der Waals surface area (Å²) in [6.45, 7) is 1.42. The van der Waals surface area contributed by atoms with Crippen molar-refractivity contribution >= 4 is 9.84 Å². The molecule has 5 heteroatoms. The third kappa shape index (κ3) is 2.30. The first kappa shape index (κ1) is 14.5. The van der Waals surface area contributed by atoms with Gasteiger partial charge < -0.3 is 10.2 Å². The smallest absolute Gasteiger partial charge is 0.151 e. The predicted molar refractivity (Wildman–Crippen MR) is 73.8 cm³/mol. The van der Waals surface area contributed by atoms with Crippen molar-refractivity contribution < 1.29 is 18.6 Å². The quantitative estimate of drug-likeness (QED) is 0.836. The maximum atomic E-state index is 11.8. The van der Waals surface area contributed by atoms with Gasteiger partial charge in [0.2, 0.25) is 0 Å². The molecule has 0 amide bonds. The molecule has 0 spiro atoms. The van der Waals surface area contributed by atoms with E-state index < -0.39 is 20.5 Å². The van der Waals surface area contributed by atoms with Gasteiger partial charge in [-0.3, -0.25) is 0 Å². The topological polar surface area (TPSA) is 74.6 Å². The Kier molecular flexibility index (Phi) is 3.73. The lowest BCUT2D eigenvalue weighted by molar-refractivity contribution is 0.130. The molecule has 4 nitrogen and oxygen atoms in total. The van der Waals surface area contributed by atoms with Gasteiger partial charge >= 0.3 is 0 Å². The largest absolute Gasteiger partial charge is 0.396 e. The van der Waals surface area contributed by atoms with Gasteiger partial charge in [-0.25, -0.2) is 8.42 Å². The van der Waals surface area contributed by atoms with Gasteiger partial charge in [-0.15, -0.1) is 0 Å². The van der Waals surface area contributed by atoms with E-state index in [1.54, 1.807) is 0 Å². The van der Waals surface area contributed by atoms with Crippen molar-refractivity contribution in [3.63, 3.8) is 0 Å². The van der Waals surface area contributed by atoms with Crippen molar-refractivity contribution in [2.75, 3.05) is 19.5 Å². The highest BCUT2D eigenvalue weighted by Crippen LogP contribution is 2.62. The molecule has 19 heavy (non-hydrogen) atoms. The first-order valence-corrected chi connectivity index (χ1v) is 8.35. The van der Waals surface area contributed by atoms with Crippen LogP contribution in [0.15, 0.2) is 24.3 Å². The van der Waals surface area contributed by atoms with E-state index in [2.05, 4.69) is 6.92 Å². The molecule has 0 radical (unpaired) electrons. The number of aryl methyl sites for hydroxylation is 1. The maximum absolute atomic E-state index is 11.8. The van der Waals surface area contributed by atoms with Crippen LogP contribution in [0.1, 0.15) is 24.0 Å². The van der Waals surface area contributed by atoms with E-state index in [0.29, 0.717) is 0 Å². The van der Waals surface area contributed by atoms with Gasteiger partial charge in [-0.1, -0.05) is 31.2 Å². The van der Waals surface area contributed by atoms with Gasteiger partial charge in [0, 0.05) is 17.6 Å². The lowest BCUT2D eigenvalue weighted by Crippen LogP contribution is -2.22. The number of hydrogen-bond donors (Lipinski definition) is 2. The van der Waals surface area contributed by atoms with Crippen molar-refractivity contribution in [2.24, 2.45) is 5.41 Å². The summed E-state index contributed by atoms with van der Waals surface area (Å²) in [4.78, 5) is 0. The summed E-state index contributed by atoms with van der Waals surface area (Å²) in [5.74, 6) is -0.316. The maximum Gasteiger partial charge on any atom is 0.151 e. The van der Waals surface area contributed by atoms with Crippen molar-refractivity contribution in [1.82, 2.24) is 0 Å². The molecule has 1 saturated carbocycles. The Morgan fingerprint density at radius 1 is 1.16 bits per heavy atom. The summed E-state index contributed by atoms with van der Waals surface area (Å²) >= 11 is 0. The number of aliphatic hydroxyl groups excluding tert-OH is 2. The Morgan fingerprint density at radius 2 is 1.68 bits per heavy atom. The molecule has 2 N–H and O–H groups in total. The van der Waals surface area contributed by atoms with Crippen LogP contribution in [0.25, 0.3) is 0 Å². The summed E-state index contributed by atoms with van der Waals surface area (Å²) in [6, 6.07) is 7.72. The Labute approximate surface area is 114 Å². The summed E-state index contributed by atoms with van der Waals surface area (Å²) in [5, 5.41) is 18.3. The van der Waals surface area contributed by atoms with E-state index in [4.69, 9.17) is 0 Å². The fourth-order valence-corrected chi connectivity index (χ4v) is 5.01. The number of benzene rings is 1. The average Bonchev–Trinajstić information content (AvgIpc) is 3.09. The fourth-order valence-electron chi connectivity index (χ4n) is 3.02. The van der Waals surface area contributed by atoms with Gasteiger partial charge in [0.15, 0.2) is 9.84 Å². The molecular weight excluding hydrogens is 264 g/mol. The molecule has 0 unspecified atom stereocenters. The second-order valence-electron chi connectivity index (χ2n) is 5.37. The molecule has 1 aromatic carbocycles. The van der Waals surface area contributed by atoms with Crippen molar-refractivity contribution in [3.05, 3.63) is 35.4 Å². The average molecular weight is 284 g/mol. The summed E-state index contributed by atoms with van der Waals surface area (Å²) in [6.07, 6.45) is 2.09. The third-order valence-corrected chi connectivity index (χ3v) is 5.84. The highest BCUT2D eigenvalue weighted by Gasteiger charge is 2.69. The zero-order valence-electron chi connectivity index (χ0n) is 11.2. The molecule has 0 heterocycles. The molecule has 0 bridgehead atoms. The molecule has 1 aliphatic rings. The number of sulfone groups is 1. The molecule has 2 rings (SSSR count). The molecule has 1 fully saturated rings. The molecular formula is C14H20O4S. The minimum Gasteiger partial charge on any atom is -0.396 e. The van der Waals surface area contributed by atoms with Crippen LogP contribution < -0.4 is 0 Å².